The summed E-state index contributed by atoms with van der Waals surface area (Å²) in [6.45, 7) is 4.42. The van der Waals surface area contributed by atoms with Gasteiger partial charge in [0, 0.05) is 42.7 Å². The minimum atomic E-state index is -0.564. The molecule has 3 heterocycles. The Morgan fingerprint density at radius 1 is 1.15 bits per heavy atom. The maximum absolute atomic E-state index is 14.4. The van der Waals surface area contributed by atoms with E-state index in [4.69, 9.17) is 4.74 Å². The van der Waals surface area contributed by atoms with Crippen LogP contribution >= 0.6 is 22.7 Å². The van der Waals surface area contributed by atoms with Gasteiger partial charge in [0.1, 0.15) is 15.7 Å². The third kappa shape index (κ3) is 5.12. The number of carbonyl (C=O) groups is 3. The van der Waals surface area contributed by atoms with Crippen molar-refractivity contribution in [3.8, 4) is 10.6 Å². The van der Waals surface area contributed by atoms with E-state index in [0.717, 1.165) is 10.6 Å². The number of rotatable bonds is 6. The summed E-state index contributed by atoms with van der Waals surface area (Å²) in [5.41, 5.74) is 2.25. The van der Waals surface area contributed by atoms with Gasteiger partial charge in [-0.1, -0.05) is 0 Å². The second kappa shape index (κ2) is 9.80. The molecule has 1 saturated heterocycles. The average molecular weight is 488 g/mol. The molecular formula is C23H22FN3O4S2. The van der Waals surface area contributed by atoms with Crippen LogP contribution < -0.4 is 4.90 Å². The lowest BCUT2D eigenvalue weighted by molar-refractivity contribution is -0.134. The molecule has 3 aromatic rings. The fourth-order valence-electron chi connectivity index (χ4n) is 3.56. The summed E-state index contributed by atoms with van der Waals surface area (Å²) >= 11 is 2.80. The number of anilines is 1. The van der Waals surface area contributed by atoms with Crippen molar-refractivity contribution in [3.05, 3.63) is 57.0 Å². The standard InChI is InChI=1S/C23H22FN3O4S2/c1-14-21(33-22(25-14)17-5-10-32-13-17)23(30)31-12-20(29)27-8-6-26(7-9-27)19-4-3-16(15(2)28)11-18(19)24/h3-5,10-11,13H,6-9,12H2,1-2H3. The van der Waals surface area contributed by atoms with E-state index in [-0.39, 0.29) is 18.3 Å². The smallest absolute Gasteiger partial charge is 0.350 e. The zero-order chi connectivity index (χ0) is 23.5. The molecule has 0 spiro atoms. The predicted molar refractivity (Wildman–Crippen MR) is 126 cm³/mol. The minimum absolute atomic E-state index is 0.193. The molecule has 0 N–H and O–H groups in total. The minimum Gasteiger partial charge on any atom is -0.451 e. The van der Waals surface area contributed by atoms with Gasteiger partial charge in [-0.15, -0.1) is 11.3 Å². The summed E-state index contributed by atoms with van der Waals surface area (Å²) in [5.74, 6) is -1.51. The maximum Gasteiger partial charge on any atom is 0.350 e. The second-order valence-corrected chi connectivity index (χ2v) is 9.39. The Kier molecular flexibility index (Phi) is 6.85. The van der Waals surface area contributed by atoms with Gasteiger partial charge in [0.2, 0.25) is 0 Å². The third-order valence-corrected chi connectivity index (χ3v) is 7.27. The molecule has 4 rings (SSSR count). The van der Waals surface area contributed by atoms with E-state index in [9.17, 15) is 18.8 Å². The number of ether oxygens (including phenoxy) is 1. The van der Waals surface area contributed by atoms with Gasteiger partial charge in [-0.05, 0) is 43.5 Å². The van der Waals surface area contributed by atoms with Crippen LogP contribution in [0.1, 0.15) is 32.6 Å². The molecule has 1 fully saturated rings. The zero-order valence-electron chi connectivity index (χ0n) is 18.2. The number of amides is 1. The van der Waals surface area contributed by atoms with E-state index in [1.807, 2.05) is 21.7 Å². The average Bonchev–Trinajstić information content (AvgIpc) is 3.47. The topological polar surface area (TPSA) is 79.8 Å². The zero-order valence-corrected chi connectivity index (χ0v) is 19.8. The molecule has 0 aliphatic carbocycles. The lowest BCUT2D eigenvalue weighted by atomic mass is 10.1. The second-order valence-electron chi connectivity index (χ2n) is 7.61. The number of ketones is 1. The number of benzene rings is 1. The highest BCUT2D eigenvalue weighted by Crippen LogP contribution is 2.30. The summed E-state index contributed by atoms with van der Waals surface area (Å²) in [6, 6.07) is 6.36. The van der Waals surface area contributed by atoms with Crippen LogP contribution in [-0.4, -0.2) is 60.3 Å². The summed E-state index contributed by atoms with van der Waals surface area (Å²) in [4.78, 5) is 44.7. The molecule has 0 saturated carbocycles. The van der Waals surface area contributed by atoms with Crippen LogP contribution in [0, 0.1) is 12.7 Å². The monoisotopic (exact) mass is 487 g/mol. The summed E-state index contributed by atoms with van der Waals surface area (Å²) in [7, 11) is 0. The molecule has 2 aromatic heterocycles. The SMILES string of the molecule is CC(=O)c1ccc(N2CCN(C(=O)COC(=O)c3sc(-c4ccsc4)nc3C)CC2)c(F)c1. The van der Waals surface area contributed by atoms with Crippen LogP contribution in [0.15, 0.2) is 35.0 Å². The normalized spacial score (nSPS) is 13.8. The number of thiazole rings is 1. The van der Waals surface area contributed by atoms with Gasteiger partial charge >= 0.3 is 5.97 Å². The lowest BCUT2D eigenvalue weighted by Crippen LogP contribution is -2.50. The van der Waals surface area contributed by atoms with Gasteiger partial charge in [-0.25, -0.2) is 14.2 Å². The highest BCUT2D eigenvalue weighted by Gasteiger charge is 2.25. The highest BCUT2D eigenvalue weighted by atomic mass is 32.1. The molecule has 1 aromatic carbocycles. The summed E-state index contributed by atoms with van der Waals surface area (Å²) in [6.07, 6.45) is 0. The molecule has 10 heteroatoms. The molecule has 0 radical (unpaired) electrons. The van der Waals surface area contributed by atoms with Gasteiger partial charge in [0.25, 0.3) is 5.91 Å². The Hall–Kier alpha value is -3.11. The first-order chi connectivity index (χ1) is 15.8. The van der Waals surface area contributed by atoms with Crippen LogP contribution in [0.2, 0.25) is 0 Å². The Morgan fingerprint density at radius 3 is 2.55 bits per heavy atom. The van der Waals surface area contributed by atoms with E-state index in [1.54, 1.807) is 35.3 Å². The van der Waals surface area contributed by atoms with Gasteiger partial charge in [0.05, 0.1) is 11.4 Å². The van der Waals surface area contributed by atoms with Crippen molar-refractivity contribution in [1.29, 1.82) is 0 Å². The highest BCUT2D eigenvalue weighted by molar-refractivity contribution is 7.17. The maximum atomic E-state index is 14.4. The number of halogens is 1. The van der Waals surface area contributed by atoms with Crippen LogP contribution in [-0.2, 0) is 9.53 Å². The number of esters is 1. The molecule has 172 valence electrons. The van der Waals surface area contributed by atoms with Crippen molar-refractivity contribution in [2.45, 2.75) is 13.8 Å². The van der Waals surface area contributed by atoms with Crippen molar-refractivity contribution >= 4 is 46.0 Å². The molecule has 33 heavy (non-hydrogen) atoms. The molecule has 0 bridgehead atoms. The van der Waals surface area contributed by atoms with Crippen LogP contribution in [0.4, 0.5) is 10.1 Å². The number of aryl methyl sites for hydroxylation is 1. The van der Waals surface area contributed by atoms with Gasteiger partial charge in [-0.2, -0.15) is 11.3 Å². The number of hydrogen-bond donors (Lipinski definition) is 0. The number of thiophene rings is 1. The van der Waals surface area contributed by atoms with E-state index in [1.165, 1.54) is 24.3 Å². The van der Waals surface area contributed by atoms with E-state index >= 15 is 0 Å². The Bertz CT molecular complexity index is 1180. The van der Waals surface area contributed by atoms with Crippen LogP contribution in [0.5, 0.6) is 0 Å². The molecule has 1 aliphatic heterocycles. The molecule has 0 unspecified atom stereocenters. The van der Waals surface area contributed by atoms with Crippen molar-refractivity contribution in [1.82, 2.24) is 9.88 Å². The number of piperazine rings is 1. The predicted octanol–water partition coefficient (Wildman–Crippen LogP) is 4.03. The van der Waals surface area contributed by atoms with Crippen molar-refractivity contribution in [2.24, 2.45) is 0 Å². The third-order valence-electron chi connectivity index (χ3n) is 5.40. The first kappa shape index (κ1) is 23.1. The Balaban J connectivity index is 1.30. The first-order valence-electron chi connectivity index (χ1n) is 10.3. The van der Waals surface area contributed by atoms with Crippen molar-refractivity contribution < 1.29 is 23.5 Å². The number of hydrogen-bond acceptors (Lipinski definition) is 8. The van der Waals surface area contributed by atoms with Gasteiger partial charge in [0.15, 0.2) is 12.4 Å². The lowest BCUT2D eigenvalue weighted by Gasteiger charge is -2.36. The molecule has 1 amide bonds. The number of Topliss-reactive ketones (excluding diaryl/α,β-unsaturated/α-hetero) is 1. The van der Waals surface area contributed by atoms with E-state index in [2.05, 4.69) is 4.98 Å². The first-order valence-corrected chi connectivity index (χ1v) is 12.1. The number of aromatic nitrogens is 1. The Labute approximate surface area is 198 Å². The molecule has 0 atom stereocenters. The van der Waals surface area contributed by atoms with E-state index in [0.29, 0.717) is 48.0 Å². The number of carbonyl (C=O) groups excluding carboxylic acids is 3. The van der Waals surface area contributed by atoms with E-state index < -0.39 is 11.8 Å². The van der Waals surface area contributed by atoms with Crippen molar-refractivity contribution in [3.63, 3.8) is 0 Å². The Morgan fingerprint density at radius 2 is 1.91 bits per heavy atom. The van der Waals surface area contributed by atoms with Crippen LogP contribution in [0.25, 0.3) is 10.6 Å². The summed E-state index contributed by atoms with van der Waals surface area (Å²) in [5, 5.41) is 4.64. The quantitative estimate of drug-likeness (QED) is 0.386. The van der Waals surface area contributed by atoms with Crippen molar-refractivity contribution in [2.75, 3.05) is 37.7 Å². The number of nitrogens with zero attached hydrogens (tertiary/aromatic N) is 3. The van der Waals surface area contributed by atoms with Crippen LogP contribution in [0.3, 0.4) is 0 Å². The largest absolute Gasteiger partial charge is 0.451 e. The molecule has 7 nitrogen and oxygen atoms in total. The van der Waals surface area contributed by atoms with Gasteiger partial charge < -0.3 is 14.5 Å². The molecular weight excluding hydrogens is 465 g/mol. The summed E-state index contributed by atoms with van der Waals surface area (Å²) < 4.78 is 19.7. The fourth-order valence-corrected chi connectivity index (χ4v) is 5.23. The molecule has 1 aliphatic rings. The fraction of sp³-hybridized carbons (Fsp3) is 0.304. The van der Waals surface area contributed by atoms with Gasteiger partial charge in [-0.3, -0.25) is 9.59 Å².